The van der Waals surface area contributed by atoms with Gasteiger partial charge in [-0.05, 0) is 37.5 Å². The molecule has 50 heavy (non-hydrogen) atoms. The van der Waals surface area contributed by atoms with Gasteiger partial charge in [0.25, 0.3) is 0 Å². The minimum atomic E-state index is -0.0661. The molecule has 0 bridgehead atoms. The number of nitrogens with one attached hydrogen (secondary N) is 3. The molecule has 1 aliphatic rings. The van der Waals surface area contributed by atoms with Gasteiger partial charge in [0.1, 0.15) is 0 Å². The van der Waals surface area contributed by atoms with E-state index in [-0.39, 0.29) is 24.0 Å². The average molecular weight is 704 g/mol. The Bertz CT molecular complexity index is 693. The molecule has 3 amide bonds. The molecule has 5 heteroatoms. The second-order valence-corrected chi connectivity index (χ2v) is 17.1. The van der Waals surface area contributed by atoms with Crippen molar-refractivity contribution in [1.29, 1.82) is 0 Å². The van der Waals surface area contributed by atoms with Gasteiger partial charge in [-0.3, -0.25) is 4.79 Å². The zero-order chi connectivity index (χ0) is 36.3. The van der Waals surface area contributed by atoms with E-state index in [1.54, 1.807) is 0 Å². The molecule has 296 valence electrons. The fourth-order valence-corrected chi connectivity index (χ4v) is 7.76. The van der Waals surface area contributed by atoms with Crippen molar-refractivity contribution in [3.63, 3.8) is 0 Å². The van der Waals surface area contributed by atoms with Gasteiger partial charge in [-0.2, -0.15) is 0 Å². The summed E-state index contributed by atoms with van der Waals surface area (Å²) in [5, 5.41) is 9.54. The van der Waals surface area contributed by atoms with E-state index in [1.807, 2.05) is 0 Å². The molecule has 0 spiro atoms. The first-order valence-electron chi connectivity index (χ1n) is 22.7. The van der Waals surface area contributed by atoms with E-state index < -0.39 is 0 Å². The van der Waals surface area contributed by atoms with E-state index in [0.29, 0.717) is 6.42 Å². The Morgan fingerprint density at radius 1 is 0.440 bits per heavy atom. The van der Waals surface area contributed by atoms with Gasteiger partial charge in [-0.1, -0.05) is 214 Å². The van der Waals surface area contributed by atoms with Crippen LogP contribution in [0.4, 0.5) is 4.79 Å². The number of carbonyl (C=O) groups excluding carboxylic acids is 2. The van der Waals surface area contributed by atoms with E-state index in [1.165, 1.54) is 167 Å². The Balaban J connectivity index is 1.93. The maximum absolute atomic E-state index is 12.7. The second kappa shape index (κ2) is 34.8. The number of hydrogen-bond acceptors (Lipinski definition) is 2. The van der Waals surface area contributed by atoms with Crippen LogP contribution in [0, 0.1) is 11.8 Å². The van der Waals surface area contributed by atoms with E-state index in [0.717, 1.165) is 63.3 Å². The maximum atomic E-state index is 12.7. The third-order valence-electron chi connectivity index (χ3n) is 11.1. The molecule has 0 radical (unpaired) electrons. The molecule has 0 aromatic carbocycles. The summed E-state index contributed by atoms with van der Waals surface area (Å²) in [6.07, 6.45) is 43.8. The first-order valence-corrected chi connectivity index (χ1v) is 22.7. The quantitative estimate of drug-likeness (QED) is 0.0575. The molecular formula is C45H89N3O2. The molecule has 0 heterocycles. The van der Waals surface area contributed by atoms with Crippen LogP contribution >= 0.6 is 0 Å². The van der Waals surface area contributed by atoms with E-state index >= 15 is 0 Å². The Kier molecular flexibility index (Phi) is 32.6. The minimum Gasteiger partial charge on any atom is -0.351 e. The molecule has 0 aliphatic heterocycles. The standard InChI is InChI=1S/C45H89N3O2/c1-40(2)34-28-24-20-16-12-8-5-6-10-14-18-22-26-30-38-44(49)47-42-36-31-32-37-43(42)48-45(50)46-39-33-27-23-19-15-11-7-9-13-17-21-25-29-35-41(3)4/h40-43H,5-39H2,1-4H3,(H,47,49)(H2,46,48,50)/t42-,43-/m1/s1. The fraction of sp³-hybridized carbons (Fsp3) is 0.956. The predicted octanol–water partition coefficient (Wildman–Crippen LogP) is 13.7. The van der Waals surface area contributed by atoms with Gasteiger partial charge in [0.15, 0.2) is 0 Å². The summed E-state index contributed by atoms with van der Waals surface area (Å²) in [7, 11) is 0. The minimum absolute atomic E-state index is 0.0484. The molecule has 1 rings (SSSR count). The molecular weight excluding hydrogens is 615 g/mol. The van der Waals surface area contributed by atoms with E-state index in [4.69, 9.17) is 0 Å². The molecule has 1 saturated carbocycles. The molecule has 0 saturated heterocycles. The van der Waals surface area contributed by atoms with Gasteiger partial charge in [0, 0.05) is 19.0 Å². The summed E-state index contributed by atoms with van der Waals surface area (Å²) in [6, 6.07) is 0.0532. The van der Waals surface area contributed by atoms with Crippen molar-refractivity contribution in [2.45, 2.75) is 258 Å². The van der Waals surface area contributed by atoms with Crippen molar-refractivity contribution in [3.8, 4) is 0 Å². The van der Waals surface area contributed by atoms with Gasteiger partial charge in [-0.25, -0.2) is 4.79 Å². The van der Waals surface area contributed by atoms with Gasteiger partial charge >= 0.3 is 6.03 Å². The third-order valence-corrected chi connectivity index (χ3v) is 11.1. The van der Waals surface area contributed by atoms with Crippen molar-refractivity contribution in [3.05, 3.63) is 0 Å². The van der Waals surface area contributed by atoms with Crippen LogP contribution in [0.1, 0.15) is 246 Å². The zero-order valence-electron chi connectivity index (χ0n) is 34.4. The van der Waals surface area contributed by atoms with Crippen LogP contribution in [0.3, 0.4) is 0 Å². The lowest BCUT2D eigenvalue weighted by Crippen LogP contribution is -2.55. The van der Waals surface area contributed by atoms with Crippen molar-refractivity contribution < 1.29 is 9.59 Å². The van der Waals surface area contributed by atoms with Crippen LogP contribution in [-0.2, 0) is 4.79 Å². The molecule has 1 aliphatic carbocycles. The fourth-order valence-electron chi connectivity index (χ4n) is 7.76. The van der Waals surface area contributed by atoms with Gasteiger partial charge in [-0.15, -0.1) is 0 Å². The second-order valence-electron chi connectivity index (χ2n) is 17.1. The first-order chi connectivity index (χ1) is 24.4. The lowest BCUT2D eigenvalue weighted by Gasteiger charge is -2.32. The number of rotatable bonds is 35. The Labute approximate surface area is 313 Å². The van der Waals surface area contributed by atoms with Crippen LogP contribution in [0.15, 0.2) is 0 Å². The first kappa shape index (κ1) is 46.8. The molecule has 0 aromatic rings. The molecule has 2 atom stereocenters. The van der Waals surface area contributed by atoms with E-state index in [2.05, 4.69) is 43.6 Å². The maximum Gasteiger partial charge on any atom is 0.315 e. The number of unbranched alkanes of at least 4 members (excludes halogenated alkanes) is 25. The Morgan fingerprint density at radius 3 is 1.14 bits per heavy atom. The summed E-state index contributed by atoms with van der Waals surface area (Å²) in [5.74, 6) is 1.89. The monoisotopic (exact) mass is 704 g/mol. The van der Waals surface area contributed by atoms with Crippen molar-refractivity contribution >= 4 is 11.9 Å². The highest BCUT2D eigenvalue weighted by Crippen LogP contribution is 2.20. The van der Waals surface area contributed by atoms with Crippen LogP contribution in [0.5, 0.6) is 0 Å². The molecule has 3 N–H and O–H groups in total. The average Bonchev–Trinajstić information content (AvgIpc) is 3.08. The highest BCUT2D eigenvalue weighted by molar-refractivity contribution is 5.77. The topological polar surface area (TPSA) is 70.2 Å². The summed E-state index contributed by atoms with van der Waals surface area (Å²) >= 11 is 0. The highest BCUT2D eigenvalue weighted by atomic mass is 16.2. The van der Waals surface area contributed by atoms with Crippen LogP contribution in [0.2, 0.25) is 0 Å². The predicted molar refractivity (Wildman–Crippen MR) is 219 cm³/mol. The van der Waals surface area contributed by atoms with Crippen molar-refractivity contribution in [2.24, 2.45) is 11.8 Å². The number of amides is 3. The summed E-state index contributed by atoms with van der Waals surface area (Å²) < 4.78 is 0. The smallest absolute Gasteiger partial charge is 0.315 e. The van der Waals surface area contributed by atoms with Gasteiger partial charge < -0.3 is 16.0 Å². The van der Waals surface area contributed by atoms with Gasteiger partial charge in [0.2, 0.25) is 5.91 Å². The SMILES string of the molecule is CC(C)CCCCCCCCCCCCCCCCC(=O)N[C@@H]1CCCC[C@H]1NC(=O)NCCCCCCCCCCCCCCCC(C)C. The molecule has 0 aromatic heterocycles. The summed E-state index contributed by atoms with van der Waals surface area (Å²) in [4.78, 5) is 25.3. The summed E-state index contributed by atoms with van der Waals surface area (Å²) in [5.41, 5.74) is 0. The largest absolute Gasteiger partial charge is 0.351 e. The Morgan fingerprint density at radius 2 is 0.760 bits per heavy atom. The van der Waals surface area contributed by atoms with Crippen LogP contribution < -0.4 is 16.0 Å². The highest BCUT2D eigenvalue weighted by Gasteiger charge is 2.27. The zero-order valence-corrected chi connectivity index (χ0v) is 34.4. The lowest BCUT2D eigenvalue weighted by molar-refractivity contribution is -0.122. The lowest BCUT2D eigenvalue weighted by atomic mass is 9.90. The molecule has 1 fully saturated rings. The number of urea groups is 1. The number of carbonyl (C=O) groups is 2. The van der Waals surface area contributed by atoms with E-state index in [9.17, 15) is 9.59 Å². The van der Waals surface area contributed by atoms with Crippen LogP contribution in [-0.4, -0.2) is 30.6 Å². The normalized spacial score (nSPS) is 16.3. The Hall–Kier alpha value is -1.26. The third kappa shape index (κ3) is 31.5. The molecule has 0 unspecified atom stereocenters. The van der Waals surface area contributed by atoms with Crippen molar-refractivity contribution in [2.75, 3.05) is 6.54 Å². The van der Waals surface area contributed by atoms with Gasteiger partial charge in [0.05, 0.1) is 6.04 Å². The number of hydrogen-bond donors (Lipinski definition) is 3. The van der Waals surface area contributed by atoms with Crippen LogP contribution in [0.25, 0.3) is 0 Å². The molecule has 5 nitrogen and oxygen atoms in total. The summed E-state index contributed by atoms with van der Waals surface area (Å²) in [6.45, 7) is 10.1. The van der Waals surface area contributed by atoms with Crippen molar-refractivity contribution in [1.82, 2.24) is 16.0 Å².